The fourth-order valence-corrected chi connectivity index (χ4v) is 4.78. The van der Waals surface area contributed by atoms with Gasteiger partial charge in [0.15, 0.2) is 0 Å². The summed E-state index contributed by atoms with van der Waals surface area (Å²) in [7, 11) is -2.08. The molecule has 2 rings (SSSR count). The summed E-state index contributed by atoms with van der Waals surface area (Å²) in [5.74, 6) is 0.0176. The molecule has 0 aliphatic carbocycles. The summed E-state index contributed by atoms with van der Waals surface area (Å²) in [6, 6.07) is 13.2. The first kappa shape index (κ1) is 29.5. The van der Waals surface area contributed by atoms with Crippen LogP contribution in [0.25, 0.3) is 0 Å². The minimum atomic E-state index is -3.59. The van der Waals surface area contributed by atoms with E-state index < -0.39 is 16.1 Å². The SMILES string of the molecule is CCC(C)NC(=O)C(C)N(Cc1ccccc1Cl)C(=O)CCCN(c1cccc(OC)c1)S(C)(=O)=O. The van der Waals surface area contributed by atoms with E-state index in [-0.39, 0.29) is 43.8 Å². The number of ether oxygens (including phenoxy) is 1. The number of nitrogens with zero attached hydrogens (tertiary/aromatic N) is 2. The number of rotatable bonds is 13. The van der Waals surface area contributed by atoms with Crippen LogP contribution in [-0.2, 0) is 26.2 Å². The molecule has 2 amide bonds. The van der Waals surface area contributed by atoms with E-state index in [1.165, 1.54) is 16.3 Å². The van der Waals surface area contributed by atoms with Crippen LogP contribution in [0, 0.1) is 0 Å². The zero-order chi connectivity index (χ0) is 26.9. The average molecular weight is 538 g/mol. The molecule has 10 heteroatoms. The van der Waals surface area contributed by atoms with Gasteiger partial charge in [-0.05, 0) is 50.5 Å². The van der Waals surface area contributed by atoms with E-state index in [9.17, 15) is 18.0 Å². The van der Waals surface area contributed by atoms with Crippen molar-refractivity contribution in [2.75, 3.05) is 24.2 Å². The number of sulfonamides is 1. The largest absolute Gasteiger partial charge is 0.497 e. The van der Waals surface area contributed by atoms with Crippen LogP contribution in [0.15, 0.2) is 48.5 Å². The molecular formula is C26H36ClN3O5S. The Kier molecular flexibility index (Phi) is 11.0. The molecule has 0 radical (unpaired) electrons. The Hall–Kier alpha value is -2.78. The standard InChI is InChI=1S/C26H36ClN3O5S/c1-6-19(2)28-26(32)20(3)29(18-21-11-7-8-14-24(21)27)25(31)15-10-16-30(36(5,33)34)22-12-9-13-23(17-22)35-4/h7-9,11-14,17,19-20H,6,10,15-16,18H2,1-5H3,(H,28,32). The van der Waals surface area contributed by atoms with E-state index in [1.807, 2.05) is 26.0 Å². The number of amides is 2. The van der Waals surface area contributed by atoms with Crippen LogP contribution in [-0.4, -0.2) is 57.1 Å². The highest BCUT2D eigenvalue weighted by Crippen LogP contribution is 2.24. The molecule has 2 aromatic rings. The zero-order valence-electron chi connectivity index (χ0n) is 21.5. The first-order chi connectivity index (χ1) is 17.0. The number of carbonyl (C=O) groups is 2. The molecule has 2 aromatic carbocycles. The highest BCUT2D eigenvalue weighted by molar-refractivity contribution is 7.92. The summed E-state index contributed by atoms with van der Waals surface area (Å²) >= 11 is 6.33. The minimum Gasteiger partial charge on any atom is -0.497 e. The predicted octanol–water partition coefficient (Wildman–Crippen LogP) is 4.23. The summed E-state index contributed by atoms with van der Waals surface area (Å²) in [4.78, 5) is 27.7. The molecule has 0 aromatic heterocycles. The molecule has 0 spiro atoms. The van der Waals surface area contributed by atoms with Gasteiger partial charge < -0.3 is 15.0 Å². The molecular weight excluding hydrogens is 502 g/mol. The molecule has 0 saturated carbocycles. The second-order valence-corrected chi connectivity index (χ2v) is 11.1. The molecule has 0 saturated heterocycles. The maximum atomic E-state index is 13.3. The summed E-state index contributed by atoms with van der Waals surface area (Å²) in [5.41, 5.74) is 1.18. The van der Waals surface area contributed by atoms with E-state index in [1.54, 1.807) is 43.3 Å². The van der Waals surface area contributed by atoms with Gasteiger partial charge in [-0.25, -0.2) is 8.42 Å². The lowest BCUT2D eigenvalue weighted by atomic mass is 10.1. The molecule has 0 bridgehead atoms. The van der Waals surface area contributed by atoms with Crippen molar-refractivity contribution in [1.29, 1.82) is 0 Å². The maximum Gasteiger partial charge on any atom is 0.242 e. The molecule has 8 nitrogen and oxygen atoms in total. The Labute approximate surface area is 219 Å². The number of benzene rings is 2. The van der Waals surface area contributed by atoms with Gasteiger partial charge in [0.2, 0.25) is 21.8 Å². The molecule has 36 heavy (non-hydrogen) atoms. The quantitative estimate of drug-likeness (QED) is 0.412. The molecule has 2 unspecified atom stereocenters. The van der Waals surface area contributed by atoms with Gasteiger partial charge in [0, 0.05) is 36.6 Å². The topological polar surface area (TPSA) is 96.0 Å². The third kappa shape index (κ3) is 8.41. The van der Waals surface area contributed by atoms with Crippen molar-refractivity contribution in [1.82, 2.24) is 10.2 Å². The molecule has 0 aliphatic heterocycles. The lowest BCUT2D eigenvalue weighted by Gasteiger charge is -2.30. The van der Waals surface area contributed by atoms with Crippen LogP contribution in [0.2, 0.25) is 5.02 Å². The molecule has 198 valence electrons. The van der Waals surface area contributed by atoms with Crippen LogP contribution in [0.1, 0.15) is 45.6 Å². The average Bonchev–Trinajstić information content (AvgIpc) is 2.84. The van der Waals surface area contributed by atoms with Crippen molar-refractivity contribution in [2.24, 2.45) is 0 Å². The van der Waals surface area contributed by atoms with Gasteiger partial charge >= 0.3 is 0 Å². The second-order valence-electron chi connectivity index (χ2n) is 8.75. The summed E-state index contributed by atoms with van der Waals surface area (Å²) < 4.78 is 31.4. The Morgan fingerprint density at radius 3 is 2.42 bits per heavy atom. The lowest BCUT2D eigenvalue weighted by Crippen LogP contribution is -2.49. The fraction of sp³-hybridized carbons (Fsp3) is 0.462. The van der Waals surface area contributed by atoms with Crippen molar-refractivity contribution in [3.05, 3.63) is 59.1 Å². The van der Waals surface area contributed by atoms with Gasteiger partial charge in [0.25, 0.3) is 0 Å². The van der Waals surface area contributed by atoms with Gasteiger partial charge in [0.1, 0.15) is 11.8 Å². The minimum absolute atomic E-state index is 0.0246. The van der Waals surface area contributed by atoms with Crippen molar-refractivity contribution in [3.8, 4) is 5.75 Å². The summed E-state index contributed by atoms with van der Waals surface area (Å²) in [6.45, 7) is 5.83. The van der Waals surface area contributed by atoms with Crippen molar-refractivity contribution in [3.63, 3.8) is 0 Å². The van der Waals surface area contributed by atoms with E-state index in [0.717, 1.165) is 18.2 Å². The number of hydrogen-bond acceptors (Lipinski definition) is 5. The number of anilines is 1. The van der Waals surface area contributed by atoms with Gasteiger partial charge in [-0.1, -0.05) is 42.8 Å². The van der Waals surface area contributed by atoms with Gasteiger partial charge in [-0.3, -0.25) is 13.9 Å². The number of methoxy groups -OCH3 is 1. The molecule has 0 heterocycles. The summed E-state index contributed by atoms with van der Waals surface area (Å²) in [5, 5.41) is 3.43. The van der Waals surface area contributed by atoms with Crippen LogP contribution < -0.4 is 14.4 Å². The normalized spacial score (nSPS) is 12.9. The molecule has 0 fully saturated rings. The first-order valence-electron chi connectivity index (χ1n) is 11.9. The summed E-state index contributed by atoms with van der Waals surface area (Å²) in [6.07, 6.45) is 2.21. The first-order valence-corrected chi connectivity index (χ1v) is 14.2. The van der Waals surface area contributed by atoms with Crippen LogP contribution >= 0.6 is 11.6 Å². The maximum absolute atomic E-state index is 13.3. The molecule has 1 N–H and O–H groups in total. The van der Waals surface area contributed by atoms with Crippen molar-refractivity contribution >= 4 is 39.1 Å². The highest BCUT2D eigenvalue weighted by Gasteiger charge is 2.27. The van der Waals surface area contributed by atoms with E-state index in [4.69, 9.17) is 16.3 Å². The fourth-order valence-electron chi connectivity index (χ4n) is 3.63. The van der Waals surface area contributed by atoms with Crippen molar-refractivity contribution < 1.29 is 22.7 Å². The van der Waals surface area contributed by atoms with Crippen molar-refractivity contribution in [2.45, 2.75) is 58.7 Å². The Bertz CT molecular complexity index is 1140. The number of hydrogen-bond donors (Lipinski definition) is 1. The monoisotopic (exact) mass is 537 g/mol. The zero-order valence-corrected chi connectivity index (χ0v) is 23.1. The number of nitrogens with one attached hydrogen (secondary N) is 1. The third-order valence-electron chi connectivity index (χ3n) is 5.96. The molecule has 2 atom stereocenters. The lowest BCUT2D eigenvalue weighted by molar-refractivity contribution is -0.140. The van der Waals surface area contributed by atoms with Gasteiger partial charge in [-0.15, -0.1) is 0 Å². The number of carbonyl (C=O) groups excluding carboxylic acids is 2. The van der Waals surface area contributed by atoms with E-state index >= 15 is 0 Å². The third-order valence-corrected chi connectivity index (χ3v) is 7.52. The van der Waals surface area contributed by atoms with Crippen LogP contribution in [0.3, 0.4) is 0 Å². The molecule has 0 aliphatic rings. The Morgan fingerprint density at radius 2 is 1.81 bits per heavy atom. The van der Waals surface area contributed by atoms with Crippen LogP contribution in [0.5, 0.6) is 5.75 Å². The Balaban J connectivity index is 2.19. The second kappa shape index (κ2) is 13.5. The smallest absolute Gasteiger partial charge is 0.242 e. The van der Waals surface area contributed by atoms with E-state index in [0.29, 0.717) is 16.5 Å². The van der Waals surface area contributed by atoms with Gasteiger partial charge in [-0.2, -0.15) is 0 Å². The Morgan fingerprint density at radius 1 is 1.11 bits per heavy atom. The highest BCUT2D eigenvalue weighted by atomic mass is 35.5. The number of halogens is 1. The van der Waals surface area contributed by atoms with E-state index in [2.05, 4.69) is 5.32 Å². The van der Waals surface area contributed by atoms with Gasteiger partial charge in [0.05, 0.1) is 19.1 Å². The predicted molar refractivity (Wildman–Crippen MR) is 144 cm³/mol. The van der Waals surface area contributed by atoms with Crippen LogP contribution in [0.4, 0.5) is 5.69 Å².